The van der Waals surface area contributed by atoms with Crippen LogP contribution in [0.5, 0.6) is 0 Å². The molecule has 0 saturated carbocycles. The third kappa shape index (κ3) is 5.94. The van der Waals surface area contributed by atoms with Crippen molar-refractivity contribution in [3.05, 3.63) is 11.6 Å². The zero-order chi connectivity index (χ0) is 17.0. The molecule has 0 aliphatic carbocycles. The lowest BCUT2D eigenvalue weighted by atomic mass is 9.98. The second-order valence-corrected chi connectivity index (χ2v) is 5.68. The zero-order valence-electron chi connectivity index (χ0n) is 13.5. The molecule has 130 valence electrons. The number of unbranched alkanes of at least 4 members (excludes halogenated alkanes) is 4. The molecule has 0 aromatic carbocycles. The minimum absolute atomic E-state index is 0.175. The Labute approximate surface area is 139 Å². The summed E-state index contributed by atoms with van der Waals surface area (Å²) in [7, 11) is 0. The highest BCUT2D eigenvalue weighted by Crippen LogP contribution is 2.23. The number of rotatable bonds is 13. The van der Waals surface area contributed by atoms with Crippen LogP contribution in [0.2, 0.25) is 0 Å². The summed E-state index contributed by atoms with van der Waals surface area (Å²) in [6.45, 7) is 0. The van der Waals surface area contributed by atoms with Crippen molar-refractivity contribution in [3.63, 3.8) is 0 Å². The first-order chi connectivity index (χ1) is 11.8. The summed E-state index contributed by atoms with van der Waals surface area (Å²) >= 11 is 0. The number of aldehydes is 1. The van der Waals surface area contributed by atoms with Crippen molar-refractivity contribution in [1.29, 1.82) is 0 Å². The Bertz CT molecular complexity index is 550. The van der Waals surface area contributed by atoms with Crippen LogP contribution in [0.15, 0.2) is 0 Å². The van der Waals surface area contributed by atoms with Crippen LogP contribution in [0.25, 0.3) is 0 Å². The number of Topliss-reactive ketones (excluding diaryl/α,β-unsaturated/α-hetero) is 1. The van der Waals surface area contributed by atoms with Gasteiger partial charge in [0.25, 0.3) is 0 Å². The van der Waals surface area contributed by atoms with Gasteiger partial charge in [0.15, 0.2) is 11.6 Å². The summed E-state index contributed by atoms with van der Waals surface area (Å²) in [6, 6.07) is 0. The second kappa shape index (κ2) is 10.3. The molecule has 2 aromatic heterocycles. The molecular weight excluding hydrogens is 312 g/mol. The Morgan fingerprint density at radius 3 is 2.12 bits per heavy atom. The first-order valence-electron chi connectivity index (χ1n) is 8.24. The van der Waals surface area contributed by atoms with E-state index in [0.717, 1.165) is 38.4 Å². The molecule has 0 saturated heterocycles. The van der Waals surface area contributed by atoms with E-state index in [9.17, 15) is 9.59 Å². The summed E-state index contributed by atoms with van der Waals surface area (Å²) in [6.07, 6.45) is 7.87. The van der Waals surface area contributed by atoms with Gasteiger partial charge in [-0.3, -0.25) is 4.79 Å². The van der Waals surface area contributed by atoms with Gasteiger partial charge in [-0.05, 0) is 46.5 Å². The van der Waals surface area contributed by atoms with Gasteiger partial charge in [-0.15, -0.1) is 10.2 Å². The van der Waals surface area contributed by atoms with Crippen LogP contribution in [0.4, 0.5) is 0 Å². The first-order valence-corrected chi connectivity index (χ1v) is 8.24. The van der Waals surface area contributed by atoms with Gasteiger partial charge in [-0.1, -0.05) is 12.8 Å². The minimum atomic E-state index is -0.175. The quantitative estimate of drug-likeness (QED) is 0.410. The number of hydrogen-bond acceptors (Lipinski definition) is 8. The highest BCUT2D eigenvalue weighted by Gasteiger charge is 2.21. The Morgan fingerprint density at radius 2 is 1.54 bits per heavy atom. The number of tetrazole rings is 2. The van der Waals surface area contributed by atoms with Crippen molar-refractivity contribution in [1.82, 2.24) is 41.2 Å². The second-order valence-electron chi connectivity index (χ2n) is 5.68. The fourth-order valence-electron chi connectivity index (χ4n) is 2.56. The lowest BCUT2D eigenvalue weighted by Gasteiger charge is -2.09. The van der Waals surface area contributed by atoms with E-state index in [1.54, 1.807) is 0 Å². The number of nitrogens with zero attached hydrogens (tertiary/aromatic N) is 6. The van der Waals surface area contributed by atoms with Crippen LogP contribution < -0.4 is 0 Å². The molecular formula is C14H22N8O2. The fourth-order valence-corrected chi connectivity index (χ4v) is 2.56. The van der Waals surface area contributed by atoms with Gasteiger partial charge < -0.3 is 4.79 Å². The number of ketones is 1. The molecule has 0 aliphatic rings. The topological polar surface area (TPSA) is 143 Å². The standard InChI is InChI=1S/C14H22N8O2/c23-10-5-3-1-2-4-7-11(24)8-6-9-12(13-15-19-20-16-13)14-17-21-22-18-14/h10,12H,1-9H2,(H,15,16,19,20)(H,17,18,21,22). The third-order valence-corrected chi connectivity index (χ3v) is 3.86. The Kier molecular flexibility index (Phi) is 7.64. The van der Waals surface area contributed by atoms with Crippen molar-refractivity contribution in [2.45, 2.75) is 63.7 Å². The Morgan fingerprint density at radius 1 is 0.917 bits per heavy atom. The Hall–Kier alpha value is -2.52. The van der Waals surface area contributed by atoms with Crippen LogP contribution in [0.3, 0.4) is 0 Å². The van der Waals surface area contributed by atoms with Crippen molar-refractivity contribution in [2.75, 3.05) is 0 Å². The molecule has 10 nitrogen and oxygen atoms in total. The minimum Gasteiger partial charge on any atom is -0.303 e. The SMILES string of the molecule is O=CCCCCCCC(=O)CCCC(c1nnn[nH]1)c1nnn[nH]1. The maximum atomic E-state index is 11.9. The molecule has 0 aliphatic heterocycles. The number of H-pyrrole nitrogens is 2. The van der Waals surface area contributed by atoms with Gasteiger partial charge in [0.2, 0.25) is 0 Å². The summed E-state index contributed by atoms with van der Waals surface area (Å²) < 4.78 is 0. The van der Waals surface area contributed by atoms with Gasteiger partial charge in [-0.25, -0.2) is 10.2 Å². The van der Waals surface area contributed by atoms with Crippen LogP contribution in [-0.2, 0) is 9.59 Å². The zero-order valence-corrected chi connectivity index (χ0v) is 13.5. The summed E-state index contributed by atoms with van der Waals surface area (Å²) in [5.41, 5.74) is 0. The maximum absolute atomic E-state index is 11.9. The third-order valence-electron chi connectivity index (χ3n) is 3.86. The highest BCUT2D eigenvalue weighted by molar-refractivity contribution is 5.78. The van der Waals surface area contributed by atoms with E-state index in [1.165, 1.54) is 0 Å². The number of carbonyl (C=O) groups is 2. The van der Waals surface area contributed by atoms with E-state index in [2.05, 4.69) is 41.2 Å². The molecule has 2 aromatic rings. The van der Waals surface area contributed by atoms with Crippen LogP contribution in [0.1, 0.15) is 75.4 Å². The lowest BCUT2D eigenvalue weighted by Crippen LogP contribution is -2.08. The van der Waals surface area contributed by atoms with Gasteiger partial charge in [0.1, 0.15) is 12.1 Å². The molecule has 0 atom stereocenters. The predicted molar refractivity (Wildman–Crippen MR) is 82.8 cm³/mol. The smallest absolute Gasteiger partial charge is 0.159 e. The molecule has 0 fully saturated rings. The lowest BCUT2D eigenvalue weighted by molar-refractivity contribution is -0.119. The highest BCUT2D eigenvalue weighted by atomic mass is 16.1. The van der Waals surface area contributed by atoms with Gasteiger partial charge >= 0.3 is 0 Å². The molecule has 2 rings (SSSR count). The largest absolute Gasteiger partial charge is 0.303 e. The van der Waals surface area contributed by atoms with Gasteiger partial charge in [0, 0.05) is 19.3 Å². The summed E-state index contributed by atoms with van der Waals surface area (Å²) in [5, 5.41) is 27.6. The number of hydrogen-bond donors (Lipinski definition) is 2. The van der Waals surface area contributed by atoms with E-state index < -0.39 is 0 Å². The average Bonchev–Trinajstić information content (AvgIpc) is 3.28. The average molecular weight is 334 g/mol. The molecule has 0 spiro atoms. The number of nitrogens with one attached hydrogen (secondary N) is 2. The monoisotopic (exact) mass is 334 g/mol. The maximum Gasteiger partial charge on any atom is 0.159 e. The van der Waals surface area contributed by atoms with E-state index in [1.807, 2.05) is 0 Å². The van der Waals surface area contributed by atoms with E-state index in [0.29, 0.717) is 37.3 Å². The normalized spacial score (nSPS) is 11.0. The van der Waals surface area contributed by atoms with Gasteiger partial charge in [0.05, 0.1) is 5.92 Å². The fraction of sp³-hybridized carbons (Fsp3) is 0.714. The number of aromatic amines is 2. The summed E-state index contributed by atoms with van der Waals surface area (Å²) in [4.78, 5) is 22.1. The van der Waals surface area contributed by atoms with E-state index >= 15 is 0 Å². The molecule has 2 heterocycles. The molecule has 10 heteroatoms. The molecule has 0 bridgehead atoms. The van der Waals surface area contributed by atoms with Crippen molar-refractivity contribution in [2.24, 2.45) is 0 Å². The molecule has 24 heavy (non-hydrogen) atoms. The summed E-state index contributed by atoms with van der Waals surface area (Å²) in [5.74, 6) is 1.24. The van der Waals surface area contributed by atoms with Gasteiger partial charge in [-0.2, -0.15) is 0 Å². The van der Waals surface area contributed by atoms with Crippen molar-refractivity contribution in [3.8, 4) is 0 Å². The predicted octanol–water partition coefficient (Wildman–Crippen LogP) is 1.12. The molecule has 0 unspecified atom stereocenters. The molecule has 0 radical (unpaired) electrons. The van der Waals surface area contributed by atoms with E-state index in [-0.39, 0.29) is 11.7 Å². The number of carbonyl (C=O) groups excluding carboxylic acids is 2. The Balaban J connectivity index is 1.67. The van der Waals surface area contributed by atoms with Crippen LogP contribution >= 0.6 is 0 Å². The van der Waals surface area contributed by atoms with Crippen LogP contribution in [0, 0.1) is 0 Å². The first kappa shape index (κ1) is 17.8. The van der Waals surface area contributed by atoms with Crippen molar-refractivity contribution >= 4 is 12.1 Å². The number of aromatic nitrogens is 8. The van der Waals surface area contributed by atoms with Crippen LogP contribution in [-0.4, -0.2) is 53.3 Å². The van der Waals surface area contributed by atoms with E-state index in [4.69, 9.17) is 0 Å². The molecule has 0 amide bonds. The molecule has 2 N–H and O–H groups in total. The van der Waals surface area contributed by atoms with Crippen molar-refractivity contribution < 1.29 is 9.59 Å².